The number of carboxylic acids is 3. The predicted octanol–water partition coefficient (Wildman–Crippen LogP) is -5.46. The van der Waals surface area contributed by atoms with Crippen LogP contribution in [0.25, 0.3) is 0 Å². The maximum absolute atomic E-state index is 14.0. The fourth-order valence-electron chi connectivity index (χ4n) is 6.93. The SMILES string of the molecule is CSCC[C@H](NC(=O)[C@H](CC(=O)O)NC(=O)CNC(=O)[C@H](CCCN=C(N)N)NC(=O)[C@@H]1CCCN1C(=O)[C@@H](N)CS)C(=O)N1CCC[C@H]1C(=O)N[C@@H](CC(=O)O)C(=O)N[C@@H](CS)C(=O)O. The third-order valence-electron chi connectivity index (χ3n) is 10.3. The molecule has 0 aromatic carbocycles. The Labute approximate surface area is 394 Å². The first-order valence-electron chi connectivity index (χ1n) is 20.7. The first-order chi connectivity index (χ1) is 31.1. The second-order valence-corrected chi connectivity index (χ2v) is 16.9. The van der Waals surface area contributed by atoms with Gasteiger partial charge in [0.15, 0.2) is 5.96 Å². The second-order valence-electron chi connectivity index (χ2n) is 15.2. The molecule has 8 atom stereocenters. The molecule has 0 spiro atoms. The fourth-order valence-corrected chi connectivity index (χ4v) is 7.81. The molecule has 2 aliphatic rings. The molecule has 0 unspecified atom stereocenters. The minimum atomic E-state index is -1.79. The average Bonchev–Trinajstić information content (AvgIpc) is 3.96. The van der Waals surface area contributed by atoms with Crippen molar-refractivity contribution in [2.45, 2.75) is 106 Å². The van der Waals surface area contributed by atoms with Crippen LogP contribution in [0, 0.1) is 0 Å². The number of rotatable bonds is 28. The second kappa shape index (κ2) is 28.5. The first-order valence-corrected chi connectivity index (χ1v) is 23.4. The molecule has 2 rings (SSSR count). The Bertz CT molecular complexity index is 1830. The van der Waals surface area contributed by atoms with Crippen LogP contribution in [0.4, 0.5) is 0 Å². The summed E-state index contributed by atoms with van der Waals surface area (Å²) in [7, 11) is 0. The van der Waals surface area contributed by atoms with Gasteiger partial charge in [-0.05, 0) is 57.0 Å². The summed E-state index contributed by atoms with van der Waals surface area (Å²) in [6, 6.07) is -10.8. The standard InChI is InChI=1S/C37H60N12O14S3/c1-66-12-8-20(35(61)49-11-4-7-25(49)33(59)46-22(14-28(53)54)31(57)47-23(17-65)36(62)63)45-30(56)21(13-27(51)52)43-26(50)15-42-29(55)19(5-2-9-41-37(39)40)44-32(58)24-6-3-10-48(24)34(60)18(38)16-64/h18-25,64-65H,2-17,38H2,1H3,(H,42,55)(H,43,50)(H,44,58)(H,45,56)(H,46,59)(H,47,57)(H,51,52)(H,53,54)(H,62,63)(H4,39,40,41)/t18-,19-,20-,21-,22-,23-,24-,25-/m0/s1. The quantitative estimate of drug-likeness (QED) is 0.0151. The number of nitrogens with two attached hydrogens (primary N) is 3. The molecule has 8 amide bonds. The van der Waals surface area contributed by atoms with Crippen molar-refractivity contribution < 1.29 is 68.1 Å². The van der Waals surface area contributed by atoms with Gasteiger partial charge in [-0.15, -0.1) is 0 Å². The number of aliphatic imine (C=N–C) groups is 1. The van der Waals surface area contributed by atoms with Gasteiger partial charge in [0.05, 0.1) is 25.4 Å². The molecule has 0 radical (unpaired) electrons. The van der Waals surface area contributed by atoms with Gasteiger partial charge in [0.1, 0.15) is 42.3 Å². The van der Waals surface area contributed by atoms with Crippen LogP contribution in [-0.2, 0) is 52.7 Å². The highest BCUT2D eigenvalue weighted by Crippen LogP contribution is 2.21. The molecule has 2 saturated heterocycles. The van der Waals surface area contributed by atoms with E-state index in [0.29, 0.717) is 6.42 Å². The number of amides is 8. The third-order valence-corrected chi connectivity index (χ3v) is 11.7. The van der Waals surface area contributed by atoms with E-state index in [1.54, 1.807) is 6.26 Å². The van der Waals surface area contributed by atoms with Gasteiger partial charge in [-0.3, -0.25) is 52.9 Å². The largest absolute Gasteiger partial charge is 0.481 e. The van der Waals surface area contributed by atoms with Crippen LogP contribution < -0.4 is 49.1 Å². The van der Waals surface area contributed by atoms with Gasteiger partial charge >= 0.3 is 17.9 Å². The van der Waals surface area contributed by atoms with E-state index in [1.807, 2.05) is 0 Å². The molecule has 2 aliphatic heterocycles. The van der Waals surface area contributed by atoms with Crippen molar-refractivity contribution in [2.75, 3.05) is 49.7 Å². The Balaban J connectivity index is 2.21. The van der Waals surface area contributed by atoms with Crippen molar-refractivity contribution in [1.82, 2.24) is 41.7 Å². The molecule has 2 fully saturated rings. The van der Waals surface area contributed by atoms with E-state index in [-0.39, 0.29) is 81.4 Å². The fraction of sp³-hybridized carbons (Fsp3) is 0.676. The lowest BCUT2D eigenvalue weighted by Crippen LogP contribution is -2.59. The molecule has 0 aromatic heterocycles. The minimum Gasteiger partial charge on any atom is -0.481 e. The summed E-state index contributed by atoms with van der Waals surface area (Å²) < 4.78 is 0. The summed E-state index contributed by atoms with van der Waals surface area (Å²) in [4.78, 5) is 148. The molecule has 0 bridgehead atoms. The van der Waals surface area contributed by atoms with Gasteiger partial charge < -0.3 is 74.2 Å². The van der Waals surface area contributed by atoms with Crippen LogP contribution in [0.1, 0.15) is 57.8 Å². The number of hydrogen-bond acceptors (Lipinski definition) is 16. The highest BCUT2D eigenvalue weighted by Gasteiger charge is 2.41. The Hall–Kier alpha value is -5.55. The first kappa shape index (κ1) is 56.6. The molecule has 2 heterocycles. The summed E-state index contributed by atoms with van der Waals surface area (Å²) in [5, 5.41) is 42.3. The van der Waals surface area contributed by atoms with Crippen LogP contribution >= 0.6 is 37.0 Å². The van der Waals surface area contributed by atoms with Gasteiger partial charge in [-0.2, -0.15) is 37.0 Å². The average molecular weight is 993 g/mol. The number of hydrogen-bond donors (Lipinski definition) is 14. The number of carboxylic acid groups (broad SMARTS) is 3. The van der Waals surface area contributed by atoms with Gasteiger partial charge in [-0.25, -0.2) is 4.79 Å². The maximum Gasteiger partial charge on any atom is 0.327 e. The number of carbonyl (C=O) groups is 11. The zero-order chi connectivity index (χ0) is 49.7. The smallest absolute Gasteiger partial charge is 0.327 e. The number of nitrogens with one attached hydrogen (secondary N) is 6. The molecule has 15 N–H and O–H groups in total. The summed E-state index contributed by atoms with van der Waals surface area (Å²) >= 11 is 9.20. The van der Waals surface area contributed by atoms with E-state index >= 15 is 0 Å². The van der Waals surface area contributed by atoms with Crippen molar-refractivity contribution in [3.63, 3.8) is 0 Å². The van der Waals surface area contributed by atoms with Crippen LogP contribution in [0.5, 0.6) is 0 Å². The highest BCUT2D eigenvalue weighted by molar-refractivity contribution is 7.98. The molecule has 370 valence electrons. The highest BCUT2D eigenvalue weighted by atomic mass is 32.2. The lowest BCUT2D eigenvalue weighted by Gasteiger charge is -2.30. The van der Waals surface area contributed by atoms with Crippen molar-refractivity contribution in [1.29, 1.82) is 0 Å². The van der Waals surface area contributed by atoms with Gasteiger partial charge in [0.25, 0.3) is 0 Å². The molecule has 0 aliphatic carbocycles. The van der Waals surface area contributed by atoms with E-state index in [0.717, 1.165) is 4.90 Å². The van der Waals surface area contributed by atoms with Crippen LogP contribution in [0.15, 0.2) is 4.99 Å². The van der Waals surface area contributed by atoms with Gasteiger partial charge in [-0.1, -0.05) is 0 Å². The number of likely N-dealkylation sites (tertiary alicyclic amines) is 2. The van der Waals surface area contributed by atoms with Crippen molar-refractivity contribution >= 4 is 108 Å². The van der Waals surface area contributed by atoms with Crippen molar-refractivity contribution in [3.8, 4) is 0 Å². The Morgan fingerprint density at radius 1 is 0.682 bits per heavy atom. The topological polar surface area (TPSA) is 418 Å². The number of aliphatic carboxylic acids is 3. The molecule has 26 nitrogen and oxygen atoms in total. The number of nitrogens with zero attached hydrogens (tertiary/aromatic N) is 3. The molecular weight excluding hydrogens is 933 g/mol. The number of carbonyl (C=O) groups excluding carboxylic acids is 8. The van der Waals surface area contributed by atoms with Crippen LogP contribution in [0.3, 0.4) is 0 Å². The Kier molecular flexibility index (Phi) is 24.4. The van der Waals surface area contributed by atoms with Crippen molar-refractivity contribution in [3.05, 3.63) is 0 Å². The zero-order valence-electron chi connectivity index (χ0n) is 36.1. The lowest BCUT2D eigenvalue weighted by atomic mass is 10.1. The molecule has 66 heavy (non-hydrogen) atoms. The summed E-state index contributed by atoms with van der Waals surface area (Å²) in [6.45, 7) is -0.489. The number of thioether (sulfide) groups is 1. The Morgan fingerprint density at radius 2 is 1.20 bits per heavy atom. The van der Waals surface area contributed by atoms with Gasteiger partial charge in [0.2, 0.25) is 47.3 Å². The normalized spacial score (nSPS) is 18.2. The van der Waals surface area contributed by atoms with Crippen LogP contribution in [-0.4, -0.2) is 194 Å². The van der Waals surface area contributed by atoms with E-state index in [2.05, 4.69) is 62.2 Å². The van der Waals surface area contributed by atoms with E-state index in [9.17, 15) is 68.1 Å². The molecule has 0 saturated carbocycles. The van der Waals surface area contributed by atoms with E-state index in [4.69, 9.17) is 17.2 Å². The monoisotopic (exact) mass is 992 g/mol. The van der Waals surface area contributed by atoms with E-state index in [1.165, 1.54) is 16.7 Å². The summed E-state index contributed by atoms with van der Waals surface area (Å²) in [5.41, 5.74) is 16.6. The van der Waals surface area contributed by atoms with Crippen LogP contribution in [0.2, 0.25) is 0 Å². The zero-order valence-corrected chi connectivity index (χ0v) is 38.7. The maximum atomic E-state index is 14.0. The molecule has 0 aromatic rings. The lowest BCUT2D eigenvalue weighted by molar-refractivity contribution is -0.145. The Morgan fingerprint density at radius 3 is 1.68 bits per heavy atom. The molecular formula is C37H60N12O14S3. The predicted molar refractivity (Wildman–Crippen MR) is 243 cm³/mol. The summed E-state index contributed by atoms with van der Waals surface area (Å²) in [5.74, 6) is -11.7. The molecule has 29 heteroatoms. The van der Waals surface area contributed by atoms with Crippen molar-refractivity contribution in [2.24, 2.45) is 22.2 Å². The third kappa shape index (κ3) is 18.4. The summed E-state index contributed by atoms with van der Waals surface area (Å²) in [6.07, 6.45) is 1.05. The van der Waals surface area contributed by atoms with Gasteiger partial charge in [0, 0.05) is 31.1 Å². The minimum absolute atomic E-state index is 0.00885. The van der Waals surface area contributed by atoms with E-state index < -0.39 is 133 Å². The number of thiol groups is 2. The number of guanidine groups is 1.